The van der Waals surface area contributed by atoms with Gasteiger partial charge in [-0.25, -0.2) is 4.79 Å². The minimum absolute atomic E-state index is 0.161. The van der Waals surface area contributed by atoms with E-state index in [1.165, 1.54) is 0 Å². The second kappa shape index (κ2) is 3.74. The molecule has 62 valence electrons. The Labute approximate surface area is 69.9 Å². The Morgan fingerprint density at radius 3 is 3.18 bits per heavy atom. The van der Waals surface area contributed by atoms with Crippen molar-refractivity contribution in [3.63, 3.8) is 0 Å². The molecule has 11 heavy (non-hydrogen) atoms. The Morgan fingerprint density at radius 1 is 1.91 bits per heavy atom. The van der Waals surface area contributed by atoms with E-state index in [0.717, 1.165) is 6.42 Å². The third-order valence-corrected chi connectivity index (χ3v) is 1.51. The zero-order valence-electron chi connectivity index (χ0n) is 6.17. The van der Waals surface area contributed by atoms with Crippen LogP contribution in [0.1, 0.15) is 13.3 Å². The first kappa shape index (κ1) is 8.56. The fourth-order valence-electron chi connectivity index (χ4n) is 0.911. The predicted molar refractivity (Wildman–Crippen MR) is 40.4 cm³/mol. The third kappa shape index (κ3) is 2.52. The number of halogens is 1. The fraction of sp³-hybridized carbons (Fsp3) is 0.571. The summed E-state index contributed by atoms with van der Waals surface area (Å²) in [6.45, 7) is 2.48. The topological polar surface area (TPSA) is 35.5 Å². The molecule has 0 aromatic carbocycles. The maximum atomic E-state index is 10.3. The van der Waals surface area contributed by atoms with Gasteiger partial charge in [-0.3, -0.25) is 0 Å². The van der Waals surface area contributed by atoms with Crippen molar-refractivity contribution in [2.24, 2.45) is 0 Å². The molecule has 0 aromatic heterocycles. The first-order valence-corrected chi connectivity index (χ1v) is 3.77. The fourth-order valence-corrected chi connectivity index (χ4v) is 1.00. The standard InChI is InChI=1S/C7H9ClO3/c1-5-6(11-7(8)9)3-2-4-10-5/h3,5H,2,4H2,1H3. The van der Waals surface area contributed by atoms with Gasteiger partial charge >= 0.3 is 5.43 Å². The Kier molecular flexibility index (Phi) is 2.91. The van der Waals surface area contributed by atoms with Crippen LogP contribution in [0.3, 0.4) is 0 Å². The highest BCUT2D eigenvalue weighted by Crippen LogP contribution is 2.15. The molecule has 1 rings (SSSR count). The zero-order valence-corrected chi connectivity index (χ0v) is 6.93. The van der Waals surface area contributed by atoms with E-state index in [2.05, 4.69) is 4.74 Å². The minimum atomic E-state index is -0.811. The normalized spacial score (nSPS) is 24.2. The van der Waals surface area contributed by atoms with E-state index in [0.29, 0.717) is 12.4 Å². The molecule has 0 bridgehead atoms. The maximum Gasteiger partial charge on any atom is 0.408 e. The molecular formula is C7H9ClO3. The van der Waals surface area contributed by atoms with E-state index in [-0.39, 0.29) is 6.10 Å². The number of carbonyl (C=O) groups is 1. The van der Waals surface area contributed by atoms with Crippen LogP contribution in [0.2, 0.25) is 0 Å². The molecule has 0 N–H and O–H groups in total. The van der Waals surface area contributed by atoms with Gasteiger partial charge in [-0.2, -0.15) is 0 Å². The van der Waals surface area contributed by atoms with Crippen LogP contribution < -0.4 is 0 Å². The Hall–Kier alpha value is -0.540. The van der Waals surface area contributed by atoms with Crippen molar-refractivity contribution >= 4 is 17.0 Å². The highest BCUT2D eigenvalue weighted by Gasteiger charge is 2.16. The Morgan fingerprint density at radius 2 is 2.64 bits per heavy atom. The lowest BCUT2D eigenvalue weighted by atomic mass is 10.2. The van der Waals surface area contributed by atoms with E-state index in [1.807, 2.05) is 13.0 Å². The molecule has 1 aliphatic heterocycles. The zero-order chi connectivity index (χ0) is 8.27. The third-order valence-electron chi connectivity index (χ3n) is 1.43. The van der Waals surface area contributed by atoms with Crippen LogP contribution in [0.5, 0.6) is 0 Å². The van der Waals surface area contributed by atoms with E-state index in [1.54, 1.807) is 0 Å². The van der Waals surface area contributed by atoms with Gasteiger partial charge in [-0.1, -0.05) is 0 Å². The summed E-state index contributed by atoms with van der Waals surface area (Å²) in [5.74, 6) is 0.510. The number of hydrogen-bond donors (Lipinski definition) is 0. The molecule has 0 radical (unpaired) electrons. The van der Waals surface area contributed by atoms with Crippen LogP contribution in [0.25, 0.3) is 0 Å². The number of rotatable bonds is 1. The van der Waals surface area contributed by atoms with Gasteiger partial charge in [-0.15, -0.1) is 0 Å². The van der Waals surface area contributed by atoms with Crippen molar-refractivity contribution in [3.05, 3.63) is 11.8 Å². The van der Waals surface area contributed by atoms with Gasteiger partial charge in [0.05, 0.1) is 6.61 Å². The van der Waals surface area contributed by atoms with Crippen LogP contribution in [-0.4, -0.2) is 18.1 Å². The first-order chi connectivity index (χ1) is 5.20. The summed E-state index contributed by atoms with van der Waals surface area (Å²) >= 11 is 5.02. The Bertz CT molecular complexity index is 188. The highest BCUT2D eigenvalue weighted by atomic mass is 35.5. The van der Waals surface area contributed by atoms with Crippen LogP contribution in [-0.2, 0) is 9.47 Å². The van der Waals surface area contributed by atoms with Crippen molar-refractivity contribution in [2.45, 2.75) is 19.4 Å². The van der Waals surface area contributed by atoms with Gasteiger partial charge in [0.25, 0.3) is 0 Å². The SMILES string of the molecule is CC1OCCC=C1OC(=O)Cl. The lowest BCUT2D eigenvalue weighted by molar-refractivity contribution is 0.0474. The van der Waals surface area contributed by atoms with E-state index in [9.17, 15) is 4.79 Å². The molecule has 4 heteroatoms. The predicted octanol–water partition coefficient (Wildman–Crippen LogP) is 2.05. The smallest absolute Gasteiger partial charge is 0.408 e. The van der Waals surface area contributed by atoms with Gasteiger partial charge in [0.1, 0.15) is 11.9 Å². The van der Waals surface area contributed by atoms with Crippen molar-refractivity contribution in [2.75, 3.05) is 6.61 Å². The molecule has 0 spiro atoms. The van der Waals surface area contributed by atoms with Crippen LogP contribution in [0.4, 0.5) is 4.79 Å². The van der Waals surface area contributed by atoms with Crippen LogP contribution in [0, 0.1) is 0 Å². The van der Waals surface area contributed by atoms with Crippen molar-refractivity contribution in [3.8, 4) is 0 Å². The largest absolute Gasteiger partial charge is 0.417 e. The Balaban J connectivity index is 2.53. The number of carbonyl (C=O) groups excluding carboxylic acids is 1. The molecule has 0 saturated carbocycles. The second-order valence-electron chi connectivity index (χ2n) is 2.25. The monoisotopic (exact) mass is 176 g/mol. The summed E-state index contributed by atoms with van der Waals surface area (Å²) in [4.78, 5) is 10.3. The molecule has 0 fully saturated rings. The van der Waals surface area contributed by atoms with Crippen LogP contribution in [0.15, 0.2) is 11.8 Å². The summed E-state index contributed by atoms with van der Waals surface area (Å²) in [6, 6.07) is 0. The second-order valence-corrected chi connectivity index (χ2v) is 2.56. The molecule has 0 aromatic rings. The van der Waals surface area contributed by atoms with Gasteiger partial charge in [0.15, 0.2) is 0 Å². The molecule has 1 unspecified atom stereocenters. The summed E-state index contributed by atoms with van der Waals surface area (Å²) in [5.41, 5.74) is -0.811. The molecule has 1 atom stereocenters. The number of ether oxygens (including phenoxy) is 2. The van der Waals surface area contributed by atoms with Crippen molar-refractivity contribution < 1.29 is 14.3 Å². The van der Waals surface area contributed by atoms with Gasteiger partial charge in [0.2, 0.25) is 0 Å². The van der Waals surface area contributed by atoms with Gasteiger partial charge in [-0.05, 0) is 19.4 Å². The molecule has 0 saturated heterocycles. The van der Waals surface area contributed by atoms with Crippen LogP contribution >= 0.6 is 11.6 Å². The van der Waals surface area contributed by atoms with E-state index in [4.69, 9.17) is 16.3 Å². The van der Waals surface area contributed by atoms with E-state index >= 15 is 0 Å². The van der Waals surface area contributed by atoms with Crippen molar-refractivity contribution in [1.29, 1.82) is 0 Å². The molecule has 3 nitrogen and oxygen atoms in total. The quantitative estimate of drug-likeness (QED) is 0.574. The lowest BCUT2D eigenvalue weighted by Gasteiger charge is -2.19. The molecule has 1 aliphatic rings. The first-order valence-electron chi connectivity index (χ1n) is 3.39. The summed E-state index contributed by atoms with van der Waals surface area (Å²) in [6.07, 6.45) is 2.42. The average molecular weight is 177 g/mol. The molecule has 0 aliphatic carbocycles. The van der Waals surface area contributed by atoms with E-state index < -0.39 is 5.43 Å². The molecular weight excluding hydrogens is 168 g/mol. The minimum Gasteiger partial charge on any atom is -0.417 e. The summed E-state index contributed by atoms with van der Waals surface area (Å²) < 4.78 is 9.85. The maximum absolute atomic E-state index is 10.3. The molecule has 1 heterocycles. The highest BCUT2D eigenvalue weighted by molar-refractivity contribution is 6.61. The van der Waals surface area contributed by atoms with Crippen molar-refractivity contribution in [1.82, 2.24) is 0 Å². The molecule has 0 amide bonds. The number of hydrogen-bond acceptors (Lipinski definition) is 3. The van der Waals surface area contributed by atoms with Gasteiger partial charge < -0.3 is 9.47 Å². The average Bonchev–Trinajstić information content (AvgIpc) is 1.93. The lowest BCUT2D eigenvalue weighted by Crippen LogP contribution is -2.19. The van der Waals surface area contributed by atoms with Gasteiger partial charge in [0, 0.05) is 11.6 Å². The summed E-state index contributed by atoms with van der Waals surface area (Å²) in [7, 11) is 0. The summed E-state index contributed by atoms with van der Waals surface area (Å²) in [5, 5.41) is 0.